The van der Waals surface area contributed by atoms with Crippen LogP contribution in [0, 0.1) is 30.1 Å². The summed E-state index contributed by atoms with van der Waals surface area (Å²) in [4.78, 5) is 0.221. The standard InChI is InChI=1S/C17H14N2O2S/c1-14-4-10-17(11-5-14)22(20,21)19-12-2-3-15-6-8-16(13-18)9-7-15/h4-11,19H,12H2,1H3. The van der Waals surface area contributed by atoms with Gasteiger partial charge in [-0.05, 0) is 43.3 Å². The molecule has 2 rings (SSSR count). The molecule has 0 atom stereocenters. The SMILES string of the molecule is Cc1ccc(S(=O)(=O)NCC#Cc2ccc(C#N)cc2)cc1. The lowest BCUT2D eigenvalue weighted by Crippen LogP contribution is -2.23. The maximum atomic E-state index is 12.0. The van der Waals surface area contributed by atoms with Crippen LogP contribution < -0.4 is 4.72 Å². The van der Waals surface area contributed by atoms with Crippen molar-refractivity contribution in [3.63, 3.8) is 0 Å². The Bertz CT molecular complexity index is 850. The van der Waals surface area contributed by atoms with Gasteiger partial charge in [0.05, 0.1) is 23.1 Å². The van der Waals surface area contributed by atoms with Gasteiger partial charge in [0.15, 0.2) is 0 Å². The lowest BCUT2D eigenvalue weighted by atomic mass is 10.1. The van der Waals surface area contributed by atoms with E-state index in [4.69, 9.17) is 5.26 Å². The molecular weight excluding hydrogens is 296 g/mol. The van der Waals surface area contributed by atoms with Gasteiger partial charge in [0.2, 0.25) is 10.0 Å². The third-order valence-electron chi connectivity index (χ3n) is 2.93. The van der Waals surface area contributed by atoms with E-state index in [1.54, 1.807) is 48.5 Å². The van der Waals surface area contributed by atoms with E-state index in [-0.39, 0.29) is 11.4 Å². The second-order valence-electron chi connectivity index (χ2n) is 4.63. The van der Waals surface area contributed by atoms with Crippen molar-refractivity contribution in [2.45, 2.75) is 11.8 Å². The van der Waals surface area contributed by atoms with E-state index in [9.17, 15) is 8.42 Å². The molecule has 1 N–H and O–H groups in total. The minimum atomic E-state index is -3.54. The fourth-order valence-corrected chi connectivity index (χ4v) is 2.63. The molecular formula is C17H14N2O2S. The fourth-order valence-electron chi connectivity index (χ4n) is 1.71. The summed E-state index contributed by atoms with van der Waals surface area (Å²) < 4.78 is 26.5. The van der Waals surface area contributed by atoms with Crippen LogP contribution >= 0.6 is 0 Å². The Kier molecular flexibility index (Phi) is 4.95. The van der Waals surface area contributed by atoms with Crippen LogP contribution in [-0.4, -0.2) is 15.0 Å². The maximum absolute atomic E-state index is 12.0. The van der Waals surface area contributed by atoms with E-state index in [0.717, 1.165) is 11.1 Å². The predicted molar refractivity (Wildman–Crippen MR) is 84.4 cm³/mol. The van der Waals surface area contributed by atoms with Gasteiger partial charge in [-0.15, -0.1) is 0 Å². The molecule has 0 heterocycles. The summed E-state index contributed by atoms with van der Waals surface area (Å²) in [5, 5.41) is 8.69. The number of hydrogen-bond donors (Lipinski definition) is 1. The van der Waals surface area contributed by atoms with Gasteiger partial charge >= 0.3 is 0 Å². The summed E-state index contributed by atoms with van der Waals surface area (Å²) in [7, 11) is -3.54. The first-order chi connectivity index (χ1) is 10.5. The second kappa shape index (κ2) is 6.91. The molecule has 22 heavy (non-hydrogen) atoms. The number of nitrogens with zero attached hydrogens (tertiary/aromatic N) is 1. The summed E-state index contributed by atoms with van der Waals surface area (Å²) in [6.07, 6.45) is 0. The number of aryl methyl sites for hydroxylation is 1. The van der Waals surface area contributed by atoms with Crippen LogP contribution in [0.15, 0.2) is 53.4 Å². The van der Waals surface area contributed by atoms with Crippen molar-refractivity contribution in [3.8, 4) is 17.9 Å². The van der Waals surface area contributed by atoms with Crippen LogP contribution in [0.1, 0.15) is 16.7 Å². The molecule has 0 aromatic heterocycles. The maximum Gasteiger partial charge on any atom is 0.241 e. The molecule has 0 aliphatic heterocycles. The Morgan fingerprint density at radius 1 is 1.00 bits per heavy atom. The Hall–Kier alpha value is -2.60. The summed E-state index contributed by atoms with van der Waals surface area (Å²) in [6.45, 7) is 1.92. The topological polar surface area (TPSA) is 70.0 Å². The largest absolute Gasteiger partial charge is 0.241 e. The van der Waals surface area contributed by atoms with E-state index in [0.29, 0.717) is 5.56 Å². The third kappa shape index (κ3) is 4.20. The van der Waals surface area contributed by atoms with Gasteiger partial charge in [0.1, 0.15) is 0 Å². The Morgan fingerprint density at radius 2 is 1.59 bits per heavy atom. The molecule has 0 aliphatic carbocycles. The van der Waals surface area contributed by atoms with Gasteiger partial charge in [0, 0.05) is 5.56 Å². The number of hydrogen-bond acceptors (Lipinski definition) is 3. The molecule has 4 nitrogen and oxygen atoms in total. The Morgan fingerprint density at radius 3 is 2.18 bits per heavy atom. The summed E-state index contributed by atoms with van der Waals surface area (Å²) in [5.41, 5.74) is 2.29. The average molecular weight is 310 g/mol. The summed E-state index contributed by atoms with van der Waals surface area (Å²) in [5.74, 6) is 5.60. The normalized spacial score (nSPS) is 10.4. The number of rotatable bonds is 3. The quantitative estimate of drug-likeness (QED) is 0.884. The average Bonchev–Trinajstić information content (AvgIpc) is 2.52. The molecule has 110 valence electrons. The van der Waals surface area contributed by atoms with Crippen molar-refractivity contribution in [2.75, 3.05) is 6.54 Å². The first-order valence-electron chi connectivity index (χ1n) is 6.57. The fraction of sp³-hybridized carbons (Fsp3) is 0.118. The molecule has 0 saturated heterocycles. The number of sulfonamides is 1. The van der Waals surface area contributed by atoms with Crippen molar-refractivity contribution < 1.29 is 8.42 Å². The smallest absolute Gasteiger partial charge is 0.207 e. The van der Waals surface area contributed by atoms with Gasteiger partial charge < -0.3 is 0 Å². The molecule has 0 fully saturated rings. The zero-order chi connectivity index (χ0) is 16.0. The van der Waals surface area contributed by atoms with Gasteiger partial charge in [0.25, 0.3) is 0 Å². The lowest BCUT2D eigenvalue weighted by Gasteiger charge is -2.03. The van der Waals surface area contributed by atoms with Crippen LogP contribution in [0.25, 0.3) is 0 Å². The number of nitriles is 1. The van der Waals surface area contributed by atoms with Crippen LogP contribution in [-0.2, 0) is 10.0 Å². The van der Waals surface area contributed by atoms with E-state index in [1.165, 1.54) is 0 Å². The molecule has 0 unspecified atom stereocenters. The number of benzene rings is 2. The molecule has 0 spiro atoms. The van der Waals surface area contributed by atoms with Crippen molar-refractivity contribution >= 4 is 10.0 Å². The Labute approximate surface area is 130 Å². The van der Waals surface area contributed by atoms with Crippen LogP contribution in [0.4, 0.5) is 0 Å². The van der Waals surface area contributed by atoms with E-state index < -0.39 is 10.0 Å². The second-order valence-corrected chi connectivity index (χ2v) is 6.40. The highest BCUT2D eigenvalue weighted by molar-refractivity contribution is 7.89. The lowest BCUT2D eigenvalue weighted by molar-refractivity contribution is 0.586. The van der Waals surface area contributed by atoms with Crippen molar-refractivity contribution in [1.29, 1.82) is 5.26 Å². The zero-order valence-corrected chi connectivity index (χ0v) is 12.8. The molecule has 0 saturated carbocycles. The van der Waals surface area contributed by atoms with E-state index in [2.05, 4.69) is 16.6 Å². The van der Waals surface area contributed by atoms with Crippen LogP contribution in [0.5, 0.6) is 0 Å². The minimum Gasteiger partial charge on any atom is -0.207 e. The minimum absolute atomic E-state index is 0.0240. The predicted octanol–water partition coefficient (Wildman–Crippen LogP) is 2.20. The van der Waals surface area contributed by atoms with Gasteiger partial charge in [-0.1, -0.05) is 29.5 Å². The van der Waals surface area contributed by atoms with E-state index in [1.807, 2.05) is 13.0 Å². The van der Waals surface area contributed by atoms with Gasteiger partial charge in [-0.3, -0.25) is 0 Å². The first-order valence-corrected chi connectivity index (χ1v) is 8.05. The summed E-state index contributed by atoms with van der Waals surface area (Å²) in [6, 6.07) is 15.4. The summed E-state index contributed by atoms with van der Waals surface area (Å²) >= 11 is 0. The van der Waals surface area contributed by atoms with Crippen molar-refractivity contribution in [2.24, 2.45) is 0 Å². The molecule has 0 bridgehead atoms. The molecule has 2 aromatic rings. The molecule has 0 amide bonds. The number of nitrogens with one attached hydrogen (secondary N) is 1. The highest BCUT2D eigenvalue weighted by Gasteiger charge is 2.11. The highest BCUT2D eigenvalue weighted by Crippen LogP contribution is 2.09. The third-order valence-corrected chi connectivity index (χ3v) is 4.35. The first kappa shape index (κ1) is 15.8. The van der Waals surface area contributed by atoms with Crippen LogP contribution in [0.3, 0.4) is 0 Å². The van der Waals surface area contributed by atoms with E-state index >= 15 is 0 Å². The van der Waals surface area contributed by atoms with Gasteiger partial charge in [-0.25, -0.2) is 8.42 Å². The molecule has 0 aliphatic rings. The van der Waals surface area contributed by atoms with Crippen molar-refractivity contribution in [1.82, 2.24) is 4.72 Å². The zero-order valence-electron chi connectivity index (χ0n) is 12.0. The molecule has 5 heteroatoms. The Balaban J connectivity index is 2.00. The molecule has 0 radical (unpaired) electrons. The molecule has 2 aromatic carbocycles. The van der Waals surface area contributed by atoms with Crippen LogP contribution in [0.2, 0.25) is 0 Å². The monoisotopic (exact) mass is 310 g/mol. The highest BCUT2D eigenvalue weighted by atomic mass is 32.2. The van der Waals surface area contributed by atoms with Crippen molar-refractivity contribution in [3.05, 3.63) is 65.2 Å². The van der Waals surface area contributed by atoms with Gasteiger partial charge in [-0.2, -0.15) is 9.98 Å².